The Balaban J connectivity index is 3.63. The van der Waals surface area contributed by atoms with E-state index in [0.717, 1.165) is 0 Å². The highest BCUT2D eigenvalue weighted by atomic mass is 79.9. The van der Waals surface area contributed by atoms with E-state index in [1.54, 1.807) is 0 Å². The van der Waals surface area contributed by atoms with Gasteiger partial charge in [-0.25, -0.2) is 0 Å². The van der Waals surface area contributed by atoms with Crippen LogP contribution in [0.4, 0.5) is 0 Å². The van der Waals surface area contributed by atoms with Gasteiger partial charge >= 0.3 is 0 Å². The monoisotopic (exact) mass is 286 g/mol. The summed E-state index contributed by atoms with van der Waals surface area (Å²) in [6.45, 7) is 6.94. The third-order valence-electron chi connectivity index (χ3n) is 1.63. The van der Waals surface area contributed by atoms with Gasteiger partial charge in [0.2, 0.25) is 0 Å². The van der Waals surface area contributed by atoms with Gasteiger partial charge in [0.1, 0.15) is 0 Å². The molecule has 0 heterocycles. The van der Waals surface area contributed by atoms with Crippen molar-refractivity contribution in [2.45, 2.75) is 39.7 Å². The summed E-state index contributed by atoms with van der Waals surface area (Å²) in [5, 5.41) is 0. The maximum Gasteiger partial charge on any atom is 0.187 e. The number of hydrogen-bond acceptors (Lipinski definition) is 0. The predicted molar refractivity (Wildman–Crippen MR) is 58.5 cm³/mol. The maximum atomic E-state index is 3.64. The molecule has 0 amide bonds. The van der Waals surface area contributed by atoms with Gasteiger partial charge in [0.05, 0.1) is 0 Å². The molecule has 0 aromatic rings. The summed E-state index contributed by atoms with van der Waals surface area (Å²) in [4.78, 5) is 0. The second kappa shape index (κ2) is 4.94. The van der Waals surface area contributed by atoms with Gasteiger partial charge in [0.25, 0.3) is 0 Å². The van der Waals surface area contributed by atoms with E-state index in [4.69, 9.17) is 0 Å². The number of hydrogen-bond donors (Lipinski definition) is 0. The van der Waals surface area contributed by atoms with E-state index < -0.39 is 6.04 Å². The van der Waals surface area contributed by atoms with Gasteiger partial charge in [-0.1, -0.05) is 27.2 Å². The molecule has 0 N–H and O–H groups in total. The van der Waals surface area contributed by atoms with Crippen molar-refractivity contribution in [1.29, 1.82) is 0 Å². The second-order valence-corrected chi connectivity index (χ2v) is 15.0. The van der Waals surface area contributed by atoms with Crippen LogP contribution in [-0.4, -0.2) is 6.04 Å². The van der Waals surface area contributed by atoms with Crippen LogP contribution >= 0.6 is 30.6 Å². The molecule has 62 valence electrons. The third kappa shape index (κ3) is 5.92. The fourth-order valence-electron chi connectivity index (χ4n) is 1.20. The van der Waals surface area contributed by atoms with Crippen LogP contribution in [0.2, 0.25) is 6.04 Å². The Hall–Kier alpha value is 1.18. The first-order chi connectivity index (χ1) is 4.48. The minimum Gasteiger partial charge on any atom is -0.115 e. The smallest absolute Gasteiger partial charge is 0.115 e. The maximum absolute atomic E-state index is 3.64. The highest BCUT2D eigenvalue weighted by Crippen LogP contribution is 2.31. The van der Waals surface area contributed by atoms with Crippen molar-refractivity contribution in [3.63, 3.8) is 0 Å². The lowest BCUT2D eigenvalue weighted by atomic mass is 9.91. The van der Waals surface area contributed by atoms with Crippen LogP contribution in [0.15, 0.2) is 0 Å². The average molecular weight is 288 g/mol. The van der Waals surface area contributed by atoms with Gasteiger partial charge in [0, 0.05) is 0 Å². The Morgan fingerprint density at radius 2 is 1.80 bits per heavy atom. The standard InChI is InChI=1S/C7H16Br2Si/c1-4-5-7(2,3)6-10(8)9/h10H,4-6H2,1-3H3. The average Bonchev–Trinajstić information content (AvgIpc) is 1.59. The second-order valence-electron chi connectivity index (χ2n) is 3.51. The molecule has 0 rings (SSSR count). The van der Waals surface area contributed by atoms with E-state index in [1.165, 1.54) is 18.9 Å². The van der Waals surface area contributed by atoms with Crippen LogP contribution in [0, 0.1) is 5.41 Å². The molecule has 0 aromatic heterocycles. The van der Waals surface area contributed by atoms with Crippen LogP contribution in [0.1, 0.15) is 33.6 Å². The SMILES string of the molecule is CCCC(C)(C)C[SiH](Br)Br. The van der Waals surface area contributed by atoms with Gasteiger partial charge in [-0.2, -0.15) is 0 Å². The molecule has 0 atom stereocenters. The molecule has 0 spiro atoms. The fourth-order valence-corrected chi connectivity index (χ4v) is 7.49. The summed E-state index contributed by atoms with van der Waals surface area (Å²) in [5.41, 5.74) is 0.540. The van der Waals surface area contributed by atoms with Gasteiger partial charge in [-0.05, 0) is 17.9 Å². The van der Waals surface area contributed by atoms with Crippen molar-refractivity contribution in [3.8, 4) is 0 Å². The lowest BCUT2D eigenvalue weighted by Gasteiger charge is -2.23. The molecule has 0 saturated heterocycles. The molecular weight excluding hydrogens is 272 g/mol. The van der Waals surface area contributed by atoms with Crippen LogP contribution < -0.4 is 0 Å². The third-order valence-corrected chi connectivity index (χ3v) is 4.99. The van der Waals surface area contributed by atoms with E-state index in [9.17, 15) is 0 Å². The van der Waals surface area contributed by atoms with E-state index in [1.807, 2.05) is 0 Å². The quantitative estimate of drug-likeness (QED) is 0.545. The molecule has 0 radical (unpaired) electrons. The zero-order valence-electron chi connectivity index (χ0n) is 6.95. The van der Waals surface area contributed by atoms with Crippen molar-refractivity contribution in [2.24, 2.45) is 5.41 Å². The molecule has 0 aromatic carbocycles. The van der Waals surface area contributed by atoms with Gasteiger partial charge in [-0.3, -0.25) is 0 Å². The van der Waals surface area contributed by atoms with Crippen molar-refractivity contribution in [2.75, 3.05) is 0 Å². The minimum atomic E-state index is -0.702. The van der Waals surface area contributed by atoms with Crippen molar-refractivity contribution in [3.05, 3.63) is 0 Å². The predicted octanol–water partition coefficient (Wildman–Crippen LogP) is 3.82. The van der Waals surface area contributed by atoms with Crippen molar-refractivity contribution >= 4 is 36.6 Å². The Bertz CT molecular complexity index is 91.6. The first kappa shape index (κ1) is 11.2. The largest absolute Gasteiger partial charge is 0.187 e. The summed E-state index contributed by atoms with van der Waals surface area (Å²) in [6.07, 6.45) is 2.64. The molecule has 0 unspecified atom stereocenters. The topological polar surface area (TPSA) is 0 Å². The van der Waals surface area contributed by atoms with E-state index in [0.29, 0.717) is 5.41 Å². The number of halogens is 2. The highest BCUT2D eigenvalue weighted by Gasteiger charge is 2.19. The summed E-state index contributed by atoms with van der Waals surface area (Å²) >= 11 is 7.27. The zero-order chi connectivity index (χ0) is 8.20. The molecule has 3 heteroatoms. The molecular formula is C7H16Br2Si. The van der Waals surface area contributed by atoms with E-state index >= 15 is 0 Å². The first-order valence-corrected chi connectivity index (χ1v) is 10.9. The van der Waals surface area contributed by atoms with E-state index in [-0.39, 0.29) is 0 Å². The molecule has 0 aliphatic carbocycles. The molecule has 0 aliphatic rings. The molecule has 10 heavy (non-hydrogen) atoms. The lowest BCUT2D eigenvalue weighted by Crippen LogP contribution is -2.14. The Morgan fingerprint density at radius 1 is 1.30 bits per heavy atom. The zero-order valence-corrected chi connectivity index (χ0v) is 11.3. The molecule has 0 saturated carbocycles. The summed E-state index contributed by atoms with van der Waals surface area (Å²) in [7, 11) is 0. The number of rotatable bonds is 4. The fraction of sp³-hybridized carbons (Fsp3) is 1.00. The normalized spacial score (nSPS) is 12.6. The van der Waals surface area contributed by atoms with Gasteiger partial charge in [0.15, 0.2) is 6.04 Å². The van der Waals surface area contributed by atoms with Crippen LogP contribution in [0.5, 0.6) is 0 Å². The van der Waals surface area contributed by atoms with E-state index in [2.05, 4.69) is 51.4 Å². The Labute approximate surface area is 81.5 Å². The van der Waals surface area contributed by atoms with Gasteiger partial charge in [-0.15, -0.1) is 30.6 Å². The summed E-state index contributed by atoms with van der Waals surface area (Å²) in [5.74, 6) is 0. The highest BCUT2D eigenvalue weighted by molar-refractivity contribution is 9.49. The first-order valence-electron chi connectivity index (χ1n) is 3.76. The molecule has 0 bridgehead atoms. The van der Waals surface area contributed by atoms with Crippen LogP contribution in [0.3, 0.4) is 0 Å². The van der Waals surface area contributed by atoms with Crippen LogP contribution in [0.25, 0.3) is 0 Å². The minimum absolute atomic E-state index is 0.540. The van der Waals surface area contributed by atoms with Crippen molar-refractivity contribution in [1.82, 2.24) is 0 Å². The molecule has 0 fully saturated rings. The summed E-state index contributed by atoms with van der Waals surface area (Å²) in [6, 6.07) is 0.632. The Morgan fingerprint density at radius 3 is 2.10 bits per heavy atom. The van der Waals surface area contributed by atoms with Crippen molar-refractivity contribution < 1.29 is 0 Å². The molecule has 0 nitrogen and oxygen atoms in total. The van der Waals surface area contributed by atoms with Crippen LogP contribution in [-0.2, 0) is 0 Å². The molecule has 0 aliphatic heterocycles. The lowest BCUT2D eigenvalue weighted by molar-refractivity contribution is 0.373. The van der Waals surface area contributed by atoms with Gasteiger partial charge < -0.3 is 0 Å². The summed E-state index contributed by atoms with van der Waals surface area (Å²) < 4.78 is 0. The Kier molecular flexibility index (Phi) is 5.52.